The van der Waals surface area contributed by atoms with Gasteiger partial charge in [-0.3, -0.25) is 37.4 Å². The molecule has 8 aromatic carbocycles. The fourth-order valence-corrected chi connectivity index (χ4v) is 22.3. The van der Waals surface area contributed by atoms with Crippen molar-refractivity contribution in [1.82, 2.24) is 34.5 Å². The van der Waals surface area contributed by atoms with Crippen LogP contribution in [0.2, 0.25) is 0 Å². The van der Waals surface area contributed by atoms with Crippen molar-refractivity contribution >= 4 is 119 Å². The highest BCUT2D eigenvalue weighted by Gasteiger charge is 2.44. The van der Waals surface area contributed by atoms with E-state index in [-0.39, 0.29) is 118 Å². The first kappa shape index (κ1) is 95.7. The first-order valence-electron chi connectivity index (χ1n) is 44.1. The number of hydrogen-bond acceptors (Lipinski definition) is 21. The molecule has 7 heterocycles. The summed E-state index contributed by atoms with van der Waals surface area (Å²) in [6.07, 6.45) is 16.1. The number of rotatable bonds is 35. The number of sulfonamides is 1. The number of nitrogens with zero attached hydrogens (tertiary/aromatic N) is 8. The van der Waals surface area contributed by atoms with E-state index in [1.165, 1.54) is 75.7 Å². The molecule has 0 spiro atoms. The standard InChI is InChI=1S/C97H97F2N11O20S5/c1-97(2)79-57-75(135(126,127)128)31-37-86(79)105(3)92(97)24-7-4-6-18-68-51-66-54-74(134(123,124)125)30-36-85(66)107(68)43-13-5-8-25-93(113)101-58-67-59-110(104-103-67)71-19-15-17-65(50-71)96(114)102-82(21-11-12-42-100)88(112)60-129-95-80(98)48-61(49-81(95)99)16-14-22-87(111)62-38-44-106(45-39-62)131(115,116)91-23-10-9-20-78(91)94-76-32-26-69(108-46-40-63-52-72(132(117,118)119)28-34-83(63)108)55-89(76)130-90-56-70(27-33-77(90)94)109-47-41-64-53-73(133(120,121)122)29-35-84(64)109/h4,6-7,9-10,15,17-20,23-24,26-37,48-50,52-57,59,62,82H,5,8,11-14,16,21-22,25,38-47,51,58,60,100H2,1-3H3,(H4-2,101,102,113,114,117,118,119,120,121,122,123,124,125,126,127,128)/p+2/t82-/m0/s1. The van der Waals surface area contributed by atoms with E-state index in [1.807, 2.05) is 102 Å². The van der Waals surface area contributed by atoms with Crippen LogP contribution in [0.15, 0.2) is 241 Å². The molecule has 16 rings (SSSR count). The second kappa shape index (κ2) is 39.1. The molecule has 2 amide bonds. The van der Waals surface area contributed by atoms with Crippen LogP contribution in [-0.2, 0) is 103 Å². The lowest BCUT2D eigenvalue weighted by atomic mass is 9.81. The Balaban J connectivity index is 0.502. The van der Waals surface area contributed by atoms with Crippen LogP contribution in [-0.4, -0.2) is 172 Å². The minimum atomic E-state index is -4.47. The molecule has 1 aromatic heterocycles. The summed E-state index contributed by atoms with van der Waals surface area (Å²) in [5.74, 6) is -4.85. The number of allylic oxidation sites excluding steroid dienone is 6. The molecule has 8 N–H and O–H groups in total. The van der Waals surface area contributed by atoms with Crippen molar-refractivity contribution in [2.75, 3.05) is 62.7 Å². The lowest BCUT2D eigenvalue weighted by Gasteiger charge is -2.31. The molecule has 0 radical (unpaired) electrons. The summed E-state index contributed by atoms with van der Waals surface area (Å²) in [6, 6.07) is 42.8. The monoisotopic (exact) mass is 1940 g/mol. The first-order valence-corrected chi connectivity index (χ1v) is 51.3. The minimum absolute atomic E-state index is 0.0000263. The van der Waals surface area contributed by atoms with Gasteiger partial charge in [0.25, 0.3) is 46.4 Å². The van der Waals surface area contributed by atoms with Gasteiger partial charge in [-0.25, -0.2) is 21.9 Å². The van der Waals surface area contributed by atoms with Crippen LogP contribution in [0.4, 0.5) is 37.2 Å². The maximum atomic E-state index is 15.9. The molecule has 0 bridgehead atoms. The van der Waals surface area contributed by atoms with E-state index in [2.05, 4.69) is 25.8 Å². The van der Waals surface area contributed by atoms with Crippen LogP contribution >= 0.6 is 0 Å². The number of carbonyl (C=O) groups is 4. The Morgan fingerprint density at radius 1 is 0.659 bits per heavy atom. The van der Waals surface area contributed by atoms with Gasteiger partial charge in [0.2, 0.25) is 32.7 Å². The van der Waals surface area contributed by atoms with Crippen molar-refractivity contribution in [3.63, 3.8) is 0 Å². The second-order valence-corrected chi connectivity index (χ2v) is 42.2. The number of amides is 2. The maximum absolute atomic E-state index is 15.9. The van der Waals surface area contributed by atoms with E-state index in [1.54, 1.807) is 60.8 Å². The smallest absolute Gasteiger partial charge is 0.294 e. The molecule has 704 valence electrons. The molecule has 1 aliphatic carbocycles. The Hall–Kier alpha value is -12.5. The summed E-state index contributed by atoms with van der Waals surface area (Å²) >= 11 is 0. The highest BCUT2D eigenvalue weighted by atomic mass is 32.2. The summed E-state index contributed by atoms with van der Waals surface area (Å²) in [5, 5.41) is 15.3. The van der Waals surface area contributed by atoms with Crippen LogP contribution in [0.5, 0.6) is 5.75 Å². The van der Waals surface area contributed by atoms with Gasteiger partial charge in [-0.15, -0.1) is 5.10 Å². The summed E-state index contributed by atoms with van der Waals surface area (Å²) in [7, 11) is -20.2. The van der Waals surface area contributed by atoms with Crippen LogP contribution in [0.1, 0.15) is 128 Å². The molecule has 31 nitrogen and oxygen atoms in total. The topological polar surface area (TPSA) is 439 Å². The average Bonchev–Trinajstić information content (AvgIpc) is 1.71. The van der Waals surface area contributed by atoms with Crippen molar-refractivity contribution in [1.29, 1.82) is 0 Å². The van der Waals surface area contributed by atoms with Gasteiger partial charge in [-0.05, 0) is 223 Å². The Kier molecular flexibility index (Phi) is 27.7. The Morgan fingerprint density at radius 3 is 2.07 bits per heavy atom. The maximum Gasteiger partial charge on any atom is 0.294 e. The number of piperidine rings is 1. The Labute approximate surface area is 779 Å². The van der Waals surface area contributed by atoms with Crippen LogP contribution < -0.4 is 40.8 Å². The molecule has 38 heteroatoms. The third-order valence-electron chi connectivity index (χ3n) is 25.5. The normalized spacial score (nSPS) is 16.3. The lowest BCUT2D eigenvalue weighted by molar-refractivity contribution is -0.401. The predicted octanol–water partition coefficient (Wildman–Crippen LogP) is 13.2. The van der Waals surface area contributed by atoms with Crippen LogP contribution in [0.3, 0.4) is 0 Å². The number of ketones is 2. The molecule has 7 aliphatic rings. The van der Waals surface area contributed by atoms with E-state index < -0.39 is 104 Å². The Morgan fingerprint density at radius 2 is 1.35 bits per heavy atom. The van der Waals surface area contributed by atoms with Crippen molar-refractivity contribution < 1.29 is 102 Å². The van der Waals surface area contributed by atoms with E-state index in [0.29, 0.717) is 144 Å². The zero-order chi connectivity index (χ0) is 95.8. The quantitative estimate of drug-likeness (QED) is 0.00637. The van der Waals surface area contributed by atoms with Gasteiger partial charge in [0, 0.05) is 150 Å². The van der Waals surface area contributed by atoms with Crippen molar-refractivity contribution in [3.8, 4) is 33.9 Å². The summed E-state index contributed by atoms with van der Waals surface area (Å²) in [6.45, 7) is 4.90. The number of benzene rings is 9. The van der Waals surface area contributed by atoms with E-state index in [4.69, 9.17) is 14.9 Å². The minimum Gasteiger partial charge on any atom is -0.480 e. The number of carbonyl (C=O) groups excluding carboxylic acids is 4. The second-order valence-electron chi connectivity index (χ2n) is 34.6. The summed E-state index contributed by atoms with van der Waals surface area (Å²) < 4.78 is 217. The molecule has 9 aromatic rings. The third-order valence-corrected chi connectivity index (χ3v) is 30.9. The van der Waals surface area contributed by atoms with Crippen molar-refractivity contribution in [3.05, 3.63) is 268 Å². The average molecular weight is 1940 g/mol. The third kappa shape index (κ3) is 20.9. The number of Topliss-reactive ketones (excluding diaryl/α,β-unsaturated/α-hetero) is 2. The Bertz CT molecular complexity index is 7390. The number of nitrogens with one attached hydrogen (secondary N) is 2. The number of aromatic nitrogens is 3. The van der Waals surface area contributed by atoms with Gasteiger partial charge in [0.1, 0.15) is 36.5 Å². The van der Waals surface area contributed by atoms with E-state index >= 15 is 17.2 Å². The predicted molar refractivity (Wildman–Crippen MR) is 501 cm³/mol. The lowest BCUT2D eigenvalue weighted by Crippen LogP contribution is -2.43. The first-order chi connectivity index (χ1) is 64.3. The number of aryl methyl sites for hydroxylation is 1. The number of nitrogens with two attached hydrogens (primary N) is 1. The van der Waals surface area contributed by atoms with Gasteiger partial charge in [-0.1, -0.05) is 54.1 Å². The van der Waals surface area contributed by atoms with E-state index in [9.17, 15) is 71.1 Å². The molecule has 135 heavy (non-hydrogen) atoms. The van der Waals surface area contributed by atoms with Crippen LogP contribution in [0, 0.1) is 17.6 Å². The largest absolute Gasteiger partial charge is 0.480 e. The van der Waals surface area contributed by atoms with Crippen LogP contribution in [0.25, 0.3) is 39.1 Å². The molecule has 0 saturated carbocycles. The SMILES string of the molecule is C[N+]1=C(/C=C/C=C/C=C2/Cc3cc(S(=O)(=O)O)ccc3N2CCCCCC(=O)NCc2cn(-c3cccc(C(=O)N[C@@H](CCCCN)C(=O)COc4c(F)cc(CCCC(=O)C5CCN(S(=O)(=O)c6ccccc6-c6c7ccc(=[N+]8CCc9cc(S(=O)(=O)O)ccc98)cc-7oc7cc(N8CCc9cc(S(=O)(=O)O)ccc98)ccc67)CC5)cc4F)c3)nn2)C(C)(C)c2cc(S(=O)(=O)O)ccc21. The number of anilines is 3. The molecule has 6 aliphatic heterocycles. The molecule has 0 unspecified atom stereocenters. The molecule has 1 fully saturated rings. The molecule has 1 atom stereocenters. The fourth-order valence-electron chi connectivity index (χ4n) is 18.6. The van der Waals surface area contributed by atoms with E-state index in [0.717, 1.165) is 51.9 Å². The molecular weight excluding hydrogens is 1840 g/mol. The van der Waals surface area contributed by atoms with Gasteiger partial charge >= 0.3 is 0 Å². The van der Waals surface area contributed by atoms with Crippen molar-refractivity contribution in [2.45, 2.75) is 153 Å². The number of ether oxygens (including phenoxy) is 1. The number of halogens is 2. The summed E-state index contributed by atoms with van der Waals surface area (Å²) in [5.41, 5.74) is 16.5. The van der Waals surface area contributed by atoms with Crippen molar-refractivity contribution in [2.24, 2.45) is 11.7 Å². The van der Waals surface area contributed by atoms with Gasteiger partial charge in [-0.2, -0.15) is 47.1 Å². The zero-order valence-corrected chi connectivity index (χ0v) is 77.9. The number of hydrogen-bond donors (Lipinski definition) is 7. The highest BCUT2D eigenvalue weighted by Crippen LogP contribution is 2.47. The van der Waals surface area contributed by atoms with Gasteiger partial charge in [0.05, 0.1) is 60.4 Å². The zero-order valence-electron chi connectivity index (χ0n) is 73.8. The summed E-state index contributed by atoms with van der Waals surface area (Å²) in [4.78, 5) is 58.2. The highest BCUT2D eigenvalue weighted by molar-refractivity contribution is 7.89. The van der Waals surface area contributed by atoms with Gasteiger partial charge in [0.15, 0.2) is 35.4 Å². The number of unbranched alkanes of at least 4 members (excludes halogenated alkanes) is 3. The molecular formula is C97H99F2N11O20S5+2. The fraction of sp³-hybridized carbons (Fsp3) is 0.299. The van der Waals surface area contributed by atoms with Gasteiger partial charge < -0.3 is 35.3 Å². The molecule has 1 saturated heterocycles. The number of fused-ring (bicyclic) bond motifs is 6.